The van der Waals surface area contributed by atoms with E-state index < -0.39 is 0 Å². The first-order chi connectivity index (χ1) is 14.0. The van der Waals surface area contributed by atoms with E-state index in [9.17, 15) is 9.59 Å². The molecule has 0 spiro atoms. The van der Waals surface area contributed by atoms with Gasteiger partial charge in [-0.3, -0.25) is 9.59 Å². The first-order valence-corrected chi connectivity index (χ1v) is 10.6. The normalized spacial score (nSPS) is 19.6. The van der Waals surface area contributed by atoms with E-state index in [4.69, 9.17) is 10.1 Å². The molecule has 4 rings (SSSR count). The minimum Gasteiger partial charge on any atom is -0.342 e. The summed E-state index contributed by atoms with van der Waals surface area (Å²) in [6, 6.07) is 9.84. The molecule has 0 unspecified atom stereocenters. The number of rotatable bonds is 5. The van der Waals surface area contributed by atoms with Crippen molar-refractivity contribution in [2.24, 2.45) is 5.92 Å². The van der Waals surface area contributed by atoms with E-state index in [2.05, 4.69) is 13.8 Å². The van der Waals surface area contributed by atoms with Gasteiger partial charge in [-0.25, -0.2) is 9.67 Å². The molecule has 1 atom stereocenters. The van der Waals surface area contributed by atoms with E-state index in [1.807, 2.05) is 44.8 Å². The standard InChI is InChI=1S/C22H29N5O2/c1-16(2)20-22-23-21(17-8-4-3-5-9-17)24-27(22)15-14-26(20)19(29)11-13-25-12-7-6-10-18(25)28/h3-5,8-9,16,20H,6-7,10-15H2,1-2H3/t20-/m0/s1. The Bertz CT molecular complexity index is 877. The van der Waals surface area contributed by atoms with Crippen molar-refractivity contribution in [1.29, 1.82) is 0 Å². The van der Waals surface area contributed by atoms with Crippen LogP contribution in [-0.2, 0) is 16.1 Å². The molecule has 2 aliphatic rings. The Balaban J connectivity index is 1.51. The van der Waals surface area contributed by atoms with Gasteiger partial charge in [0.05, 0.1) is 12.6 Å². The Kier molecular flexibility index (Phi) is 5.65. The molecule has 0 radical (unpaired) electrons. The second kappa shape index (κ2) is 8.35. The van der Waals surface area contributed by atoms with Gasteiger partial charge in [-0.2, -0.15) is 5.10 Å². The summed E-state index contributed by atoms with van der Waals surface area (Å²) in [4.78, 5) is 33.7. The summed E-state index contributed by atoms with van der Waals surface area (Å²) in [7, 11) is 0. The predicted molar refractivity (Wildman–Crippen MR) is 110 cm³/mol. The lowest BCUT2D eigenvalue weighted by Gasteiger charge is -2.38. The van der Waals surface area contributed by atoms with Crippen LogP contribution in [0.3, 0.4) is 0 Å². The van der Waals surface area contributed by atoms with Crippen molar-refractivity contribution in [1.82, 2.24) is 24.6 Å². The third-order valence-electron chi connectivity index (χ3n) is 5.85. The van der Waals surface area contributed by atoms with Crippen LogP contribution in [0.25, 0.3) is 11.4 Å². The van der Waals surface area contributed by atoms with Crippen molar-refractivity contribution in [3.63, 3.8) is 0 Å². The van der Waals surface area contributed by atoms with Gasteiger partial charge in [0.1, 0.15) is 0 Å². The number of carbonyl (C=O) groups is 2. The zero-order valence-electron chi connectivity index (χ0n) is 17.3. The van der Waals surface area contributed by atoms with Gasteiger partial charge < -0.3 is 9.80 Å². The van der Waals surface area contributed by atoms with Crippen molar-refractivity contribution in [2.45, 2.75) is 52.1 Å². The van der Waals surface area contributed by atoms with Crippen LogP contribution < -0.4 is 0 Å². The van der Waals surface area contributed by atoms with Gasteiger partial charge in [0.25, 0.3) is 0 Å². The Hall–Kier alpha value is -2.70. The number of aromatic nitrogens is 3. The minimum absolute atomic E-state index is 0.0950. The maximum atomic E-state index is 13.1. The SMILES string of the molecule is CC(C)[C@H]1c2nc(-c3ccccc3)nn2CCN1C(=O)CCN1CCCCC1=O. The number of nitrogens with zero attached hydrogens (tertiary/aromatic N) is 5. The average Bonchev–Trinajstić information content (AvgIpc) is 3.17. The van der Waals surface area contributed by atoms with Gasteiger partial charge in [-0.15, -0.1) is 0 Å². The second-order valence-corrected chi connectivity index (χ2v) is 8.25. The zero-order chi connectivity index (χ0) is 20.4. The molecule has 7 heteroatoms. The summed E-state index contributed by atoms with van der Waals surface area (Å²) < 4.78 is 1.95. The van der Waals surface area contributed by atoms with Crippen LogP contribution in [0, 0.1) is 5.92 Å². The minimum atomic E-state index is -0.0988. The fraction of sp³-hybridized carbons (Fsp3) is 0.545. The van der Waals surface area contributed by atoms with E-state index in [-0.39, 0.29) is 23.8 Å². The van der Waals surface area contributed by atoms with E-state index in [0.29, 0.717) is 38.3 Å². The number of likely N-dealkylation sites (tertiary alicyclic amines) is 1. The number of carbonyl (C=O) groups excluding carboxylic acids is 2. The highest BCUT2D eigenvalue weighted by atomic mass is 16.2. The highest BCUT2D eigenvalue weighted by molar-refractivity contribution is 5.80. The first kappa shape index (κ1) is 19.6. The molecule has 1 aromatic heterocycles. The molecule has 1 fully saturated rings. The summed E-state index contributed by atoms with van der Waals surface area (Å²) in [5, 5.41) is 4.69. The van der Waals surface area contributed by atoms with Crippen LogP contribution in [0.5, 0.6) is 0 Å². The highest BCUT2D eigenvalue weighted by Crippen LogP contribution is 2.32. The molecule has 1 saturated heterocycles. The van der Waals surface area contributed by atoms with Crippen LogP contribution in [-0.4, -0.2) is 56.0 Å². The van der Waals surface area contributed by atoms with Crippen molar-refractivity contribution in [2.75, 3.05) is 19.6 Å². The fourth-order valence-corrected chi connectivity index (χ4v) is 4.34. The summed E-state index contributed by atoms with van der Waals surface area (Å²) in [5.41, 5.74) is 0.985. The summed E-state index contributed by atoms with van der Waals surface area (Å²) in [6.45, 7) is 6.79. The smallest absolute Gasteiger partial charge is 0.225 e. The van der Waals surface area contributed by atoms with Gasteiger partial charge in [0.15, 0.2) is 11.6 Å². The number of amides is 2. The largest absolute Gasteiger partial charge is 0.342 e. The van der Waals surface area contributed by atoms with E-state index >= 15 is 0 Å². The molecule has 154 valence electrons. The van der Waals surface area contributed by atoms with Gasteiger partial charge in [0, 0.05) is 38.0 Å². The van der Waals surface area contributed by atoms with Crippen molar-refractivity contribution in [3.05, 3.63) is 36.2 Å². The monoisotopic (exact) mass is 395 g/mol. The number of benzene rings is 1. The van der Waals surface area contributed by atoms with Crippen LogP contribution in [0.2, 0.25) is 0 Å². The molecule has 2 amide bonds. The lowest BCUT2D eigenvalue weighted by molar-refractivity contribution is -0.138. The van der Waals surface area contributed by atoms with Crippen molar-refractivity contribution in [3.8, 4) is 11.4 Å². The lowest BCUT2D eigenvalue weighted by atomic mass is 9.99. The molecule has 0 N–H and O–H groups in total. The van der Waals surface area contributed by atoms with Gasteiger partial charge >= 0.3 is 0 Å². The molecule has 1 aromatic carbocycles. The zero-order valence-corrected chi connectivity index (χ0v) is 17.3. The fourth-order valence-electron chi connectivity index (χ4n) is 4.34. The second-order valence-electron chi connectivity index (χ2n) is 8.25. The predicted octanol–water partition coefficient (Wildman–Crippen LogP) is 2.89. The third-order valence-corrected chi connectivity index (χ3v) is 5.85. The Morgan fingerprint density at radius 3 is 2.66 bits per heavy atom. The molecule has 7 nitrogen and oxygen atoms in total. The van der Waals surface area contributed by atoms with Crippen LogP contribution in [0.1, 0.15) is 51.4 Å². The molecule has 29 heavy (non-hydrogen) atoms. The van der Waals surface area contributed by atoms with E-state index in [1.165, 1.54) is 0 Å². The topological polar surface area (TPSA) is 71.3 Å². The Morgan fingerprint density at radius 2 is 1.93 bits per heavy atom. The summed E-state index contributed by atoms with van der Waals surface area (Å²) >= 11 is 0. The molecule has 0 aliphatic carbocycles. The number of hydrogen-bond acceptors (Lipinski definition) is 4. The number of piperidine rings is 1. The molecule has 2 aliphatic heterocycles. The quantitative estimate of drug-likeness (QED) is 0.780. The average molecular weight is 396 g/mol. The molecular formula is C22H29N5O2. The van der Waals surface area contributed by atoms with E-state index in [1.54, 1.807) is 0 Å². The Morgan fingerprint density at radius 1 is 1.14 bits per heavy atom. The maximum Gasteiger partial charge on any atom is 0.225 e. The van der Waals surface area contributed by atoms with Gasteiger partial charge in [-0.05, 0) is 18.8 Å². The number of hydrogen-bond donors (Lipinski definition) is 0. The van der Waals surface area contributed by atoms with E-state index in [0.717, 1.165) is 30.8 Å². The number of fused-ring (bicyclic) bond motifs is 1. The molecule has 0 bridgehead atoms. The van der Waals surface area contributed by atoms with Gasteiger partial charge in [0.2, 0.25) is 11.8 Å². The molecule has 3 heterocycles. The van der Waals surface area contributed by atoms with Crippen LogP contribution in [0.4, 0.5) is 0 Å². The van der Waals surface area contributed by atoms with Crippen LogP contribution >= 0.6 is 0 Å². The molecular weight excluding hydrogens is 366 g/mol. The maximum absolute atomic E-state index is 13.1. The summed E-state index contributed by atoms with van der Waals surface area (Å²) in [5.74, 6) is 2.06. The first-order valence-electron chi connectivity index (χ1n) is 10.6. The van der Waals surface area contributed by atoms with Crippen LogP contribution in [0.15, 0.2) is 30.3 Å². The summed E-state index contributed by atoms with van der Waals surface area (Å²) in [6.07, 6.45) is 2.97. The van der Waals surface area contributed by atoms with Gasteiger partial charge in [-0.1, -0.05) is 44.2 Å². The van der Waals surface area contributed by atoms with Crippen molar-refractivity contribution < 1.29 is 9.59 Å². The Labute approximate surface area is 171 Å². The lowest BCUT2D eigenvalue weighted by Crippen LogP contribution is -2.46. The highest BCUT2D eigenvalue weighted by Gasteiger charge is 2.36. The third kappa shape index (κ3) is 4.04. The molecule has 0 saturated carbocycles. The van der Waals surface area contributed by atoms with Crippen molar-refractivity contribution >= 4 is 11.8 Å². The molecule has 2 aromatic rings.